The maximum Gasteiger partial charge on any atom is 0.323 e. The van der Waals surface area contributed by atoms with Gasteiger partial charge in [0.25, 0.3) is 5.91 Å². The van der Waals surface area contributed by atoms with Gasteiger partial charge < -0.3 is 21.1 Å². The molecule has 0 spiro atoms. The largest absolute Gasteiger partial charge is 0.480 e. The summed E-state index contributed by atoms with van der Waals surface area (Å²) in [5, 5.41) is 14.6. The summed E-state index contributed by atoms with van der Waals surface area (Å²) in [6, 6.07) is 1.64. The van der Waals surface area contributed by atoms with Gasteiger partial charge in [0.2, 0.25) is 11.8 Å². The second kappa shape index (κ2) is 8.00. The van der Waals surface area contributed by atoms with E-state index in [4.69, 9.17) is 10.8 Å². The number of primary amides is 1. The van der Waals surface area contributed by atoms with Crippen LogP contribution < -0.4 is 11.1 Å². The molecule has 0 saturated heterocycles. The van der Waals surface area contributed by atoms with Crippen LogP contribution in [0.2, 0.25) is 0 Å². The average Bonchev–Trinajstić information content (AvgIpc) is 2.90. The lowest BCUT2D eigenvalue weighted by molar-refractivity contribution is -0.145. The SMILES string of the molecule is NC(=O)CN(CC(=O)O)C(=O)CCNC(=O)c1ccsc1. The molecule has 0 fully saturated rings. The molecule has 114 valence electrons. The second-order valence-electron chi connectivity index (χ2n) is 4.13. The summed E-state index contributed by atoms with van der Waals surface area (Å²) in [5.41, 5.74) is 5.45. The number of carbonyl (C=O) groups excluding carboxylic acids is 3. The van der Waals surface area contributed by atoms with Gasteiger partial charge in [-0.05, 0) is 11.4 Å². The number of amides is 3. The molecule has 1 heterocycles. The number of hydrogen-bond donors (Lipinski definition) is 3. The highest BCUT2D eigenvalue weighted by Gasteiger charge is 2.18. The Kier molecular flexibility index (Phi) is 6.34. The van der Waals surface area contributed by atoms with E-state index in [9.17, 15) is 19.2 Å². The van der Waals surface area contributed by atoms with Crippen LogP contribution in [-0.4, -0.2) is 53.3 Å². The van der Waals surface area contributed by atoms with Gasteiger partial charge in [-0.25, -0.2) is 0 Å². The number of thiophene rings is 1. The molecule has 0 saturated carbocycles. The van der Waals surface area contributed by atoms with E-state index >= 15 is 0 Å². The molecule has 0 aromatic carbocycles. The van der Waals surface area contributed by atoms with Gasteiger partial charge in [-0.15, -0.1) is 0 Å². The molecule has 1 rings (SSSR count). The molecule has 9 heteroatoms. The highest BCUT2D eigenvalue weighted by atomic mass is 32.1. The first-order valence-corrected chi connectivity index (χ1v) is 6.92. The second-order valence-corrected chi connectivity index (χ2v) is 4.91. The van der Waals surface area contributed by atoms with Crippen molar-refractivity contribution in [2.75, 3.05) is 19.6 Å². The predicted octanol–water partition coefficient (Wildman–Crippen LogP) is -0.734. The zero-order valence-electron chi connectivity index (χ0n) is 11.1. The first-order chi connectivity index (χ1) is 9.90. The molecule has 3 amide bonds. The van der Waals surface area contributed by atoms with Crippen molar-refractivity contribution < 1.29 is 24.3 Å². The molecule has 21 heavy (non-hydrogen) atoms. The minimum atomic E-state index is -1.24. The van der Waals surface area contributed by atoms with Gasteiger partial charge in [0.1, 0.15) is 6.54 Å². The summed E-state index contributed by atoms with van der Waals surface area (Å²) in [5.74, 6) is -2.93. The molecule has 1 aromatic rings. The highest BCUT2D eigenvalue weighted by Crippen LogP contribution is 2.05. The van der Waals surface area contributed by atoms with Crippen molar-refractivity contribution in [2.24, 2.45) is 5.73 Å². The smallest absolute Gasteiger partial charge is 0.323 e. The fourth-order valence-corrected chi connectivity index (χ4v) is 2.16. The third-order valence-electron chi connectivity index (χ3n) is 2.43. The first-order valence-electron chi connectivity index (χ1n) is 5.98. The lowest BCUT2D eigenvalue weighted by Gasteiger charge is -2.18. The van der Waals surface area contributed by atoms with E-state index in [2.05, 4.69) is 5.32 Å². The summed E-state index contributed by atoms with van der Waals surface area (Å²) in [4.78, 5) is 45.7. The Morgan fingerprint density at radius 3 is 2.52 bits per heavy atom. The summed E-state index contributed by atoms with van der Waals surface area (Å²) < 4.78 is 0. The van der Waals surface area contributed by atoms with Crippen molar-refractivity contribution in [3.05, 3.63) is 22.4 Å². The number of rotatable bonds is 8. The lowest BCUT2D eigenvalue weighted by Crippen LogP contribution is -2.42. The molecular formula is C12H15N3O5S. The minimum Gasteiger partial charge on any atom is -0.480 e. The number of nitrogens with two attached hydrogens (primary N) is 1. The Hall–Kier alpha value is -2.42. The zero-order valence-corrected chi connectivity index (χ0v) is 11.9. The topological polar surface area (TPSA) is 130 Å². The molecule has 0 unspecified atom stereocenters. The number of hydrogen-bond acceptors (Lipinski definition) is 5. The van der Waals surface area contributed by atoms with E-state index in [0.717, 1.165) is 4.90 Å². The Balaban J connectivity index is 2.44. The van der Waals surface area contributed by atoms with Crippen molar-refractivity contribution in [2.45, 2.75) is 6.42 Å². The molecule has 0 aliphatic rings. The standard InChI is InChI=1S/C12H15N3O5S/c13-9(16)5-15(6-11(18)19)10(17)1-3-14-12(20)8-2-4-21-7-8/h2,4,7H,1,3,5-6H2,(H2,13,16)(H,14,20)(H,18,19). The van der Waals surface area contributed by atoms with Crippen LogP contribution in [0.1, 0.15) is 16.8 Å². The number of aliphatic carboxylic acids is 1. The summed E-state index contributed by atoms with van der Waals surface area (Å²) in [6.45, 7) is -1.04. The molecule has 0 aliphatic heterocycles. The van der Waals surface area contributed by atoms with Crippen LogP contribution in [0.5, 0.6) is 0 Å². The Morgan fingerprint density at radius 2 is 2.00 bits per heavy atom. The lowest BCUT2D eigenvalue weighted by atomic mass is 10.3. The van der Waals surface area contributed by atoms with E-state index in [1.807, 2.05) is 0 Å². The fraction of sp³-hybridized carbons (Fsp3) is 0.333. The number of carboxylic acids is 1. The maximum atomic E-state index is 11.8. The predicted molar refractivity (Wildman–Crippen MR) is 74.7 cm³/mol. The van der Waals surface area contributed by atoms with E-state index < -0.39 is 30.9 Å². The molecule has 0 bridgehead atoms. The normalized spacial score (nSPS) is 9.90. The van der Waals surface area contributed by atoms with Crippen LogP contribution in [0.25, 0.3) is 0 Å². The number of carboxylic acid groups (broad SMARTS) is 1. The maximum absolute atomic E-state index is 11.8. The van der Waals surface area contributed by atoms with Crippen LogP contribution in [-0.2, 0) is 14.4 Å². The van der Waals surface area contributed by atoms with Crippen molar-refractivity contribution in [3.63, 3.8) is 0 Å². The average molecular weight is 313 g/mol. The Bertz CT molecular complexity index is 513. The summed E-state index contributed by atoms with van der Waals surface area (Å²) in [6.07, 6.45) is -0.115. The van der Waals surface area contributed by atoms with Crippen molar-refractivity contribution in [1.82, 2.24) is 10.2 Å². The third kappa shape index (κ3) is 6.04. The number of nitrogens with one attached hydrogen (secondary N) is 1. The van der Waals surface area contributed by atoms with Crippen molar-refractivity contribution in [1.29, 1.82) is 0 Å². The molecule has 8 nitrogen and oxygen atoms in total. The summed E-state index contributed by atoms with van der Waals surface area (Å²) in [7, 11) is 0. The molecule has 4 N–H and O–H groups in total. The van der Waals surface area contributed by atoms with Gasteiger partial charge in [0, 0.05) is 23.9 Å². The highest BCUT2D eigenvalue weighted by molar-refractivity contribution is 7.08. The fourth-order valence-electron chi connectivity index (χ4n) is 1.52. The number of nitrogens with zero attached hydrogens (tertiary/aromatic N) is 1. The van der Waals surface area contributed by atoms with Gasteiger partial charge in [-0.1, -0.05) is 0 Å². The third-order valence-corrected chi connectivity index (χ3v) is 3.12. The van der Waals surface area contributed by atoms with Gasteiger partial charge in [-0.2, -0.15) is 11.3 Å². The minimum absolute atomic E-state index is 0.0440. The van der Waals surface area contributed by atoms with Crippen molar-refractivity contribution >= 4 is 35.0 Å². The van der Waals surface area contributed by atoms with E-state index in [1.165, 1.54) is 11.3 Å². The van der Waals surface area contributed by atoms with Gasteiger partial charge in [0.15, 0.2) is 0 Å². The zero-order chi connectivity index (χ0) is 15.8. The van der Waals surface area contributed by atoms with Gasteiger partial charge in [-0.3, -0.25) is 19.2 Å². The van der Waals surface area contributed by atoms with Gasteiger partial charge >= 0.3 is 5.97 Å². The molecule has 1 aromatic heterocycles. The monoisotopic (exact) mass is 313 g/mol. The van der Waals surface area contributed by atoms with Crippen LogP contribution >= 0.6 is 11.3 Å². The molecule has 0 atom stereocenters. The van der Waals surface area contributed by atoms with E-state index in [-0.39, 0.29) is 18.9 Å². The van der Waals surface area contributed by atoms with Crippen LogP contribution in [0, 0.1) is 0 Å². The van der Waals surface area contributed by atoms with Crippen LogP contribution in [0.15, 0.2) is 16.8 Å². The number of carbonyl (C=O) groups is 4. The van der Waals surface area contributed by atoms with E-state index in [1.54, 1.807) is 16.8 Å². The molecular weight excluding hydrogens is 298 g/mol. The summed E-state index contributed by atoms with van der Waals surface area (Å²) >= 11 is 1.37. The molecule has 0 aliphatic carbocycles. The molecule has 0 radical (unpaired) electrons. The van der Waals surface area contributed by atoms with Crippen LogP contribution in [0.4, 0.5) is 0 Å². The van der Waals surface area contributed by atoms with Crippen LogP contribution in [0.3, 0.4) is 0 Å². The van der Waals surface area contributed by atoms with E-state index in [0.29, 0.717) is 5.56 Å². The quantitative estimate of drug-likeness (QED) is 0.582. The van der Waals surface area contributed by atoms with Crippen molar-refractivity contribution in [3.8, 4) is 0 Å². The van der Waals surface area contributed by atoms with Gasteiger partial charge in [0.05, 0.1) is 6.54 Å². The Morgan fingerprint density at radius 1 is 1.29 bits per heavy atom. The first kappa shape index (κ1) is 16.6. The Labute approximate surface area is 124 Å².